The molecule has 36 heavy (non-hydrogen) atoms. The molecule has 0 fully saturated rings. The first-order valence-corrected chi connectivity index (χ1v) is 17.6. The van der Waals surface area contributed by atoms with Crippen LogP contribution in [-0.4, -0.2) is 23.6 Å². The van der Waals surface area contributed by atoms with E-state index in [4.69, 9.17) is 0 Å². The summed E-state index contributed by atoms with van der Waals surface area (Å²) in [5, 5.41) is 3.57. The molecule has 0 N–H and O–H groups in total. The zero-order valence-corrected chi connectivity index (χ0v) is 25.7. The molecule has 0 nitrogen and oxygen atoms in total. The van der Waals surface area contributed by atoms with Crippen molar-refractivity contribution in [2.24, 2.45) is 11.8 Å². The molecule has 0 saturated carbocycles. The van der Waals surface area contributed by atoms with Crippen LogP contribution in [0.25, 0.3) is 12.2 Å². The van der Waals surface area contributed by atoms with Crippen LogP contribution in [0.3, 0.4) is 0 Å². The van der Waals surface area contributed by atoms with Crippen molar-refractivity contribution in [3.8, 4) is 0 Å². The summed E-state index contributed by atoms with van der Waals surface area (Å²) in [6, 6.07) is 18.7. The highest BCUT2D eigenvalue weighted by Gasteiger charge is 2.44. The van der Waals surface area contributed by atoms with E-state index in [1.165, 1.54) is 36.3 Å². The highest BCUT2D eigenvalue weighted by atomic mass is 31.1. The summed E-state index contributed by atoms with van der Waals surface area (Å²) in [5.74, 6) is 2.47. The van der Waals surface area contributed by atoms with Gasteiger partial charge in [0.2, 0.25) is 0 Å². The van der Waals surface area contributed by atoms with E-state index in [0.717, 1.165) is 23.2 Å². The topological polar surface area (TPSA) is 0 Å². The second kappa shape index (κ2) is 12.1. The third-order valence-electron chi connectivity index (χ3n) is 8.21. The molecule has 0 aliphatic heterocycles. The zero-order valence-electron chi connectivity index (χ0n) is 24.0. The Hall–Kier alpha value is -1.22. The highest BCUT2D eigenvalue weighted by molar-refractivity contribution is 7.64. The second-order valence-corrected chi connectivity index (χ2v) is 17.4. The van der Waals surface area contributed by atoms with E-state index in [-0.39, 0.29) is 15.8 Å². The standard InChI is InChI=1S/C34H48P2/c1-9-25(7)36(26(8)10-2)32-20-28-16-12-14-18-30(28)34(32)33-29-17-13-11-15-27(29)19-31(33)35(21-23(3)4)22-24(5)6/h11-20,23-26,33-34H,9-10,21-22H2,1-8H3. The second-order valence-electron chi connectivity index (χ2n) is 12.0. The number of fused-ring (bicyclic) bond motifs is 2. The first-order valence-electron chi connectivity index (χ1n) is 14.4. The molecule has 2 heteroatoms. The van der Waals surface area contributed by atoms with Crippen molar-refractivity contribution in [3.05, 3.63) is 81.4 Å². The molecule has 4 rings (SSSR count). The van der Waals surface area contributed by atoms with Crippen molar-refractivity contribution in [1.82, 2.24) is 0 Å². The van der Waals surface area contributed by atoms with Gasteiger partial charge in [-0.3, -0.25) is 0 Å². The minimum absolute atomic E-state index is 0.167. The van der Waals surface area contributed by atoms with Crippen LogP contribution in [0.4, 0.5) is 0 Å². The molecular weight excluding hydrogens is 470 g/mol. The first kappa shape index (κ1) is 27.8. The molecular formula is C34H48P2. The Labute approximate surface area is 224 Å². The Morgan fingerprint density at radius 2 is 1.03 bits per heavy atom. The van der Waals surface area contributed by atoms with Gasteiger partial charge in [0, 0.05) is 11.8 Å². The number of benzene rings is 2. The highest BCUT2D eigenvalue weighted by Crippen LogP contribution is 2.70. The van der Waals surface area contributed by atoms with Crippen molar-refractivity contribution >= 4 is 28.0 Å². The molecule has 2 aliphatic rings. The molecule has 194 valence electrons. The molecule has 2 aromatic carbocycles. The van der Waals surface area contributed by atoms with Crippen LogP contribution in [0.5, 0.6) is 0 Å². The molecule has 2 aromatic rings. The van der Waals surface area contributed by atoms with Crippen LogP contribution in [0.1, 0.15) is 102 Å². The fourth-order valence-electron chi connectivity index (χ4n) is 6.40. The van der Waals surface area contributed by atoms with Crippen LogP contribution < -0.4 is 0 Å². The molecule has 0 heterocycles. The van der Waals surface area contributed by atoms with Crippen molar-refractivity contribution in [2.75, 3.05) is 12.3 Å². The fourth-order valence-corrected chi connectivity index (χ4v) is 13.3. The Balaban J connectivity index is 1.89. The summed E-state index contributed by atoms with van der Waals surface area (Å²) in [6.07, 6.45) is 10.5. The monoisotopic (exact) mass is 518 g/mol. The summed E-state index contributed by atoms with van der Waals surface area (Å²) in [7, 11) is -0.373. The predicted molar refractivity (Wildman–Crippen MR) is 167 cm³/mol. The normalized spacial score (nSPS) is 21.4. The molecule has 0 aromatic heterocycles. The van der Waals surface area contributed by atoms with Gasteiger partial charge in [-0.25, -0.2) is 0 Å². The van der Waals surface area contributed by atoms with Gasteiger partial charge in [-0.2, -0.15) is 0 Å². The summed E-state index contributed by atoms with van der Waals surface area (Å²) in [6.45, 7) is 19.6. The van der Waals surface area contributed by atoms with E-state index >= 15 is 0 Å². The smallest absolute Gasteiger partial charge is 0.0210 e. The van der Waals surface area contributed by atoms with Gasteiger partial charge < -0.3 is 0 Å². The Morgan fingerprint density at radius 1 is 0.611 bits per heavy atom. The van der Waals surface area contributed by atoms with Crippen molar-refractivity contribution in [2.45, 2.75) is 91.4 Å². The summed E-state index contributed by atoms with van der Waals surface area (Å²) in [4.78, 5) is 0. The van der Waals surface area contributed by atoms with Crippen molar-refractivity contribution in [1.29, 1.82) is 0 Å². The largest absolute Gasteiger partial charge is 0.0785 e. The minimum atomic E-state index is -0.206. The molecule has 2 aliphatic carbocycles. The van der Waals surface area contributed by atoms with E-state index in [0.29, 0.717) is 11.8 Å². The molecule has 0 radical (unpaired) electrons. The molecule has 0 amide bonds. The Bertz CT molecular complexity index is 1070. The van der Waals surface area contributed by atoms with Gasteiger partial charge in [0.1, 0.15) is 0 Å². The van der Waals surface area contributed by atoms with Crippen LogP contribution in [0.15, 0.2) is 59.2 Å². The summed E-state index contributed by atoms with van der Waals surface area (Å²) < 4.78 is 0. The quantitative estimate of drug-likeness (QED) is 0.260. The first-order chi connectivity index (χ1) is 17.3. The lowest BCUT2D eigenvalue weighted by atomic mass is 9.84. The average molecular weight is 519 g/mol. The molecule has 0 bridgehead atoms. The van der Waals surface area contributed by atoms with Gasteiger partial charge in [-0.05, 0) is 81.2 Å². The fraction of sp³-hybridized carbons (Fsp3) is 0.529. The minimum Gasteiger partial charge on any atom is -0.0785 e. The number of hydrogen-bond acceptors (Lipinski definition) is 0. The van der Waals surface area contributed by atoms with Crippen LogP contribution in [0, 0.1) is 11.8 Å². The molecule has 4 atom stereocenters. The maximum atomic E-state index is 2.65. The Kier molecular flexibility index (Phi) is 9.34. The van der Waals surface area contributed by atoms with E-state index in [1.54, 1.807) is 21.8 Å². The maximum absolute atomic E-state index is 2.65. The summed E-state index contributed by atoms with van der Waals surface area (Å²) in [5.41, 5.74) is 7.66. The van der Waals surface area contributed by atoms with E-state index < -0.39 is 0 Å². The lowest BCUT2D eigenvalue weighted by molar-refractivity contribution is 0.704. The number of rotatable bonds is 11. The summed E-state index contributed by atoms with van der Waals surface area (Å²) >= 11 is 0. The molecule has 0 spiro atoms. The van der Waals surface area contributed by atoms with Gasteiger partial charge in [0.15, 0.2) is 0 Å². The lowest BCUT2D eigenvalue weighted by Crippen LogP contribution is -2.18. The van der Waals surface area contributed by atoms with Gasteiger partial charge in [0.05, 0.1) is 0 Å². The van der Waals surface area contributed by atoms with E-state index in [9.17, 15) is 0 Å². The van der Waals surface area contributed by atoms with Crippen LogP contribution >= 0.6 is 15.8 Å². The van der Waals surface area contributed by atoms with Crippen molar-refractivity contribution < 1.29 is 0 Å². The molecule has 4 unspecified atom stereocenters. The zero-order chi connectivity index (χ0) is 26.0. The van der Waals surface area contributed by atoms with Crippen LogP contribution in [-0.2, 0) is 0 Å². The average Bonchev–Trinajstić information content (AvgIpc) is 3.41. The number of hydrogen-bond donors (Lipinski definition) is 0. The van der Waals surface area contributed by atoms with Crippen LogP contribution in [0.2, 0.25) is 0 Å². The van der Waals surface area contributed by atoms with Gasteiger partial charge in [0.25, 0.3) is 0 Å². The van der Waals surface area contributed by atoms with Gasteiger partial charge in [-0.15, -0.1) is 0 Å². The van der Waals surface area contributed by atoms with E-state index in [1.807, 2.05) is 0 Å². The third-order valence-corrected chi connectivity index (χ3v) is 15.3. The van der Waals surface area contributed by atoms with Gasteiger partial charge in [-0.1, -0.05) is 132 Å². The maximum Gasteiger partial charge on any atom is 0.0210 e. The molecule has 0 saturated heterocycles. The SMILES string of the molecule is CCC(C)P(C1=Cc2ccccc2C1C1C(P(CC(C)C)CC(C)C)=Cc2ccccc21)C(C)CC. The van der Waals surface area contributed by atoms with Crippen molar-refractivity contribution in [3.63, 3.8) is 0 Å². The number of allylic oxidation sites excluding steroid dienone is 2. The lowest BCUT2D eigenvalue weighted by Gasteiger charge is -2.39. The Morgan fingerprint density at radius 3 is 1.47 bits per heavy atom. The van der Waals surface area contributed by atoms with Gasteiger partial charge >= 0.3 is 0 Å². The third kappa shape index (κ3) is 5.62. The van der Waals surface area contributed by atoms with E-state index in [2.05, 4.69) is 116 Å². The predicted octanol–water partition coefficient (Wildman–Crippen LogP) is 11.1.